The van der Waals surface area contributed by atoms with Gasteiger partial charge in [-0.05, 0) is 30.7 Å². The van der Waals surface area contributed by atoms with E-state index in [1.54, 1.807) is 47.9 Å². The van der Waals surface area contributed by atoms with Gasteiger partial charge in [0.15, 0.2) is 6.10 Å². The maximum atomic E-state index is 12.8. The lowest BCUT2D eigenvalue weighted by Crippen LogP contribution is -2.30. The molecule has 4 aromatic rings. The Bertz CT molecular complexity index is 1250. The van der Waals surface area contributed by atoms with Gasteiger partial charge in [0.25, 0.3) is 5.91 Å². The van der Waals surface area contributed by atoms with Crippen molar-refractivity contribution < 1.29 is 27.6 Å². The second-order valence-corrected chi connectivity index (χ2v) is 6.83. The van der Waals surface area contributed by atoms with Gasteiger partial charge in [-0.3, -0.25) is 9.20 Å². The molecule has 160 valence electrons. The lowest BCUT2D eigenvalue weighted by atomic mass is 10.1. The van der Waals surface area contributed by atoms with Gasteiger partial charge in [-0.15, -0.1) is 0 Å². The average molecular weight is 431 g/mol. The minimum atomic E-state index is -4.78. The highest BCUT2D eigenvalue weighted by Gasteiger charge is 2.39. The van der Waals surface area contributed by atoms with E-state index in [4.69, 9.17) is 9.63 Å². The molecule has 3 heterocycles. The van der Waals surface area contributed by atoms with Gasteiger partial charge in [0.2, 0.25) is 11.7 Å². The first-order chi connectivity index (χ1) is 14.7. The number of hydrogen-bond acceptors (Lipinski definition) is 6. The summed E-state index contributed by atoms with van der Waals surface area (Å²) in [5, 5.41) is 15.6. The zero-order chi connectivity index (χ0) is 22.2. The van der Waals surface area contributed by atoms with Gasteiger partial charge in [-0.2, -0.15) is 18.2 Å². The number of alkyl halides is 3. The highest BCUT2D eigenvalue weighted by Crippen LogP contribution is 2.26. The number of rotatable bonds is 5. The summed E-state index contributed by atoms with van der Waals surface area (Å²) in [6.45, 7) is 1.79. The number of pyridine rings is 1. The highest BCUT2D eigenvalue weighted by molar-refractivity contribution is 6.04. The van der Waals surface area contributed by atoms with Crippen molar-refractivity contribution in [2.75, 3.05) is 5.32 Å². The molecule has 4 rings (SSSR count). The van der Waals surface area contributed by atoms with Gasteiger partial charge in [0.05, 0.1) is 12.6 Å². The van der Waals surface area contributed by atoms with Gasteiger partial charge < -0.3 is 14.9 Å². The molecule has 1 atom stereocenters. The van der Waals surface area contributed by atoms with Crippen LogP contribution in [0.4, 0.5) is 18.9 Å². The Kier molecular flexibility index (Phi) is 5.19. The van der Waals surface area contributed by atoms with Gasteiger partial charge in [-0.25, -0.2) is 4.98 Å². The summed E-state index contributed by atoms with van der Waals surface area (Å²) >= 11 is 0. The van der Waals surface area contributed by atoms with E-state index in [9.17, 15) is 18.0 Å². The summed E-state index contributed by atoms with van der Waals surface area (Å²) in [6, 6.07) is 10.3. The number of fused-ring (bicyclic) bond motifs is 1. The van der Waals surface area contributed by atoms with E-state index in [0.29, 0.717) is 22.6 Å². The molecule has 0 radical (unpaired) electrons. The summed E-state index contributed by atoms with van der Waals surface area (Å²) in [7, 11) is 0. The van der Waals surface area contributed by atoms with Gasteiger partial charge in [0, 0.05) is 17.4 Å². The van der Waals surface area contributed by atoms with Crippen molar-refractivity contribution in [2.24, 2.45) is 0 Å². The first-order valence-electron chi connectivity index (χ1n) is 9.14. The fraction of sp³-hybridized carbons (Fsp3) is 0.200. The number of aliphatic hydroxyl groups is 1. The molecule has 0 saturated heterocycles. The molecular weight excluding hydrogens is 415 g/mol. The summed E-state index contributed by atoms with van der Waals surface area (Å²) in [4.78, 5) is 20.8. The predicted molar refractivity (Wildman–Crippen MR) is 103 cm³/mol. The molecule has 0 saturated carbocycles. The Labute approximate surface area is 173 Å². The number of benzene rings is 1. The molecule has 0 aliphatic heterocycles. The lowest BCUT2D eigenvalue weighted by Gasteiger charge is -2.11. The van der Waals surface area contributed by atoms with Crippen molar-refractivity contribution in [1.82, 2.24) is 19.5 Å². The van der Waals surface area contributed by atoms with E-state index in [2.05, 4.69) is 20.4 Å². The standard InChI is InChI=1S/C20H16F3N5O3/c1-11-5-6-12(18-26-17(31-27-18)9-15(29)20(21,22)23)8-13(11)25-19(30)14-10-24-16-4-2-3-7-28(14)16/h2-8,10,15,29H,9H2,1H3,(H,25,30)/t15-/m1/s1. The molecule has 0 aliphatic carbocycles. The van der Waals surface area contributed by atoms with E-state index < -0.39 is 18.7 Å². The van der Waals surface area contributed by atoms with E-state index in [1.807, 2.05) is 6.07 Å². The Balaban J connectivity index is 1.56. The normalized spacial score (nSPS) is 12.8. The third-order valence-electron chi connectivity index (χ3n) is 4.61. The number of anilines is 1. The minimum Gasteiger partial charge on any atom is -0.383 e. The van der Waals surface area contributed by atoms with Crippen LogP contribution in [0.1, 0.15) is 21.9 Å². The number of carbonyl (C=O) groups is 1. The van der Waals surface area contributed by atoms with E-state index in [-0.39, 0.29) is 17.6 Å². The van der Waals surface area contributed by atoms with Gasteiger partial charge >= 0.3 is 6.18 Å². The van der Waals surface area contributed by atoms with E-state index in [0.717, 1.165) is 5.56 Å². The predicted octanol–water partition coefficient (Wildman–Crippen LogP) is 3.41. The van der Waals surface area contributed by atoms with Crippen molar-refractivity contribution in [3.05, 3.63) is 65.9 Å². The Morgan fingerprint density at radius 2 is 2.10 bits per heavy atom. The van der Waals surface area contributed by atoms with Crippen LogP contribution in [0.5, 0.6) is 0 Å². The van der Waals surface area contributed by atoms with Crippen LogP contribution in [0, 0.1) is 6.92 Å². The van der Waals surface area contributed by atoms with Crippen LogP contribution in [0.25, 0.3) is 17.0 Å². The van der Waals surface area contributed by atoms with Crippen molar-refractivity contribution in [1.29, 1.82) is 0 Å². The largest absolute Gasteiger partial charge is 0.414 e. The summed E-state index contributed by atoms with van der Waals surface area (Å²) < 4.78 is 44.0. The molecule has 3 aromatic heterocycles. The van der Waals surface area contributed by atoms with Crippen LogP contribution >= 0.6 is 0 Å². The number of aryl methyl sites for hydroxylation is 1. The molecule has 2 N–H and O–H groups in total. The summed E-state index contributed by atoms with van der Waals surface area (Å²) in [5.41, 5.74) is 2.61. The minimum absolute atomic E-state index is 0.0367. The topological polar surface area (TPSA) is 106 Å². The van der Waals surface area contributed by atoms with Crippen molar-refractivity contribution >= 4 is 17.2 Å². The van der Waals surface area contributed by atoms with E-state index >= 15 is 0 Å². The third kappa shape index (κ3) is 4.26. The maximum Gasteiger partial charge on any atom is 0.414 e. The van der Waals surface area contributed by atoms with Crippen LogP contribution in [-0.4, -0.2) is 42.8 Å². The second kappa shape index (κ2) is 7.84. The SMILES string of the molecule is Cc1ccc(-c2noc(C[C@@H](O)C(F)(F)F)n2)cc1NC(=O)c1cnc2ccccn12. The molecule has 0 aliphatic rings. The van der Waals surface area contributed by atoms with Crippen molar-refractivity contribution in [2.45, 2.75) is 25.6 Å². The van der Waals surface area contributed by atoms with Crippen molar-refractivity contribution in [3.63, 3.8) is 0 Å². The number of aromatic nitrogens is 4. The van der Waals surface area contributed by atoms with Crippen LogP contribution in [-0.2, 0) is 6.42 Å². The molecule has 1 amide bonds. The number of nitrogens with zero attached hydrogens (tertiary/aromatic N) is 4. The molecule has 11 heteroatoms. The van der Waals surface area contributed by atoms with Crippen LogP contribution < -0.4 is 5.32 Å². The highest BCUT2D eigenvalue weighted by atomic mass is 19.4. The van der Waals surface area contributed by atoms with Gasteiger partial charge in [0.1, 0.15) is 11.3 Å². The number of amides is 1. The van der Waals surface area contributed by atoms with Gasteiger partial charge in [-0.1, -0.05) is 23.4 Å². The maximum absolute atomic E-state index is 12.8. The van der Waals surface area contributed by atoms with Crippen LogP contribution in [0.2, 0.25) is 0 Å². The molecule has 0 unspecified atom stereocenters. The Hall–Kier alpha value is -3.73. The molecular formula is C20H16F3N5O3. The fourth-order valence-electron chi connectivity index (χ4n) is 2.92. The van der Waals surface area contributed by atoms with E-state index in [1.165, 1.54) is 6.20 Å². The quantitative estimate of drug-likeness (QED) is 0.502. The smallest absolute Gasteiger partial charge is 0.383 e. The molecule has 0 bridgehead atoms. The first kappa shape index (κ1) is 20.5. The second-order valence-electron chi connectivity index (χ2n) is 6.83. The summed E-state index contributed by atoms with van der Waals surface area (Å²) in [6.07, 6.45) is -5.05. The zero-order valence-corrected chi connectivity index (χ0v) is 16.1. The lowest BCUT2D eigenvalue weighted by molar-refractivity contribution is -0.204. The number of carbonyl (C=O) groups excluding carboxylic acids is 1. The summed E-state index contributed by atoms with van der Waals surface area (Å²) in [5.74, 6) is -0.701. The third-order valence-corrected chi connectivity index (χ3v) is 4.61. The van der Waals surface area contributed by atoms with Crippen LogP contribution in [0.15, 0.2) is 53.3 Å². The average Bonchev–Trinajstić information content (AvgIpc) is 3.36. The number of aliphatic hydroxyl groups excluding tert-OH is 1. The molecule has 8 nitrogen and oxygen atoms in total. The Morgan fingerprint density at radius 3 is 2.87 bits per heavy atom. The monoisotopic (exact) mass is 431 g/mol. The molecule has 1 aromatic carbocycles. The number of imidazole rings is 1. The Morgan fingerprint density at radius 1 is 1.29 bits per heavy atom. The van der Waals surface area contributed by atoms with Crippen molar-refractivity contribution in [3.8, 4) is 11.4 Å². The van der Waals surface area contributed by atoms with Crippen LogP contribution in [0.3, 0.4) is 0 Å². The molecule has 0 fully saturated rings. The fourth-order valence-corrected chi connectivity index (χ4v) is 2.92. The molecule has 0 spiro atoms. The number of hydrogen-bond donors (Lipinski definition) is 2. The number of halogens is 3. The number of nitrogens with one attached hydrogen (secondary N) is 1. The molecule has 31 heavy (non-hydrogen) atoms. The zero-order valence-electron chi connectivity index (χ0n) is 16.1. The first-order valence-corrected chi connectivity index (χ1v) is 9.14.